The number of ketones is 1. The molecule has 0 radical (unpaired) electrons. The molecule has 0 aromatic heterocycles. The number of hydrogen-bond acceptors (Lipinski definition) is 2. The standard InChI is InChI=1S/C23H40N2O2/c1-3-4-5-6-7-8-9-10-11-12-13-14-15-16-17-18-19-25-23(27)20-21(24-2)22(20)26/h20-21H,3-19H2,1H3,(H,25,27). The van der Waals surface area contributed by atoms with E-state index in [1.54, 1.807) is 0 Å². The third-order valence-corrected chi connectivity index (χ3v) is 5.56. The minimum Gasteiger partial charge on any atom is -0.355 e. The third-order valence-electron chi connectivity index (χ3n) is 5.56. The van der Waals surface area contributed by atoms with Crippen LogP contribution in [0.3, 0.4) is 0 Å². The molecule has 2 atom stereocenters. The first-order chi connectivity index (χ1) is 13.2. The summed E-state index contributed by atoms with van der Waals surface area (Å²) in [7, 11) is 0. The normalized spacial score (nSPS) is 18.3. The van der Waals surface area contributed by atoms with Gasteiger partial charge >= 0.3 is 6.04 Å². The van der Waals surface area contributed by atoms with Gasteiger partial charge in [-0.05, 0) is 6.42 Å². The van der Waals surface area contributed by atoms with E-state index in [2.05, 4.69) is 17.1 Å². The fourth-order valence-corrected chi connectivity index (χ4v) is 3.63. The van der Waals surface area contributed by atoms with Gasteiger partial charge in [0.1, 0.15) is 0 Å². The molecule has 1 aliphatic rings. The number of carbonyl (C=O) groups is 2. The molecule has 4 heteroatoms. The molecule has 0 aromatic carbocycles. The van der Waals surface area contributed by atoms with Crippen LogP contribution in [0.15, 0.2) is 0 Å². The SMILES string of the molecule is [C-]#[N+]C1C(=O)C1C(=O)NCCCCCCCCCCCCCCCCCC. The van der Waals surface area contributed by atoms with Crippen molar-refractivity contribution < 1.29 is 9.59 Å². The highest BCUT2D eigenvalue weighted by Gasteiger charge is 2.61. The minimum atomic E-state index is -0.698. The van der Waals surface area contributed by atoms with Crippen LogP contribution in [0.4, 0.5) is 0 Å². The molecule has 1 aliphatic carbocycles. The molecule has 1 saturated carbocycles. The van der Waals surface area contributed by atoms with E-state index in [4.69, 9.17) is 6.57 Å². The lowest BCUT2D eigenvalue weighted by Gasteiger charge is -2.04. The van der Waals surface area contributed by atoms with Crippen LogP contribution < -0.4 is 5.32 Å². The minimum absolute atomic E-state index is 0.213. The van der Waals surface area contributed by atoms with Gasteiger partial charge in [-0.2, -0.15) is 0 Å². The summed E-state index contributed by atoms with van der Waals surface area (Å²) in [5, 5.41) is 2.79. The number of carbonyl (C=O) groups excluding carboxylic acids is 2. The van der Waals surface area contributed by atoms with E-state index in [9.17, 15) is 9.59 Å². The average molecular weight is 377 g/mol. The van der Waals surface area contributed by atoms with Gasteiger partial charge in [-0.1, -0.05) is 103 Å². The molecule has 1 rings (SSSR count). The summed E-state index contributed by atoms with van der Waals surface area (Å²) in [4.78, 5) is 26.0. The highest BCUT2D eigenvalue weighted by Crippen LogP contribution is 2.28. The maximum atomic E-state index is 11.7. The van der Waals surface area contributed by atoms with Crippen molar-refractivity contribution in [3.63, 3.8) is 0 Å². The second kappa shape index (κ2) is 15.7. The second-order valence-electron chi connectivity index (χ2n) is 8.05. The van der Waals surface area contributed by atoms with Crippen molar-refractivity contribution in [2.24, 2.45) is 5.92 Å². The Bertz CT molecular complexity index is 456. The lowest BCUT2D eigenvalue weighted by atomic mass is 10.0. The smallest absolute Gasteiger partial charge is 0.300 e. The van der Waals surface area contributed by atoms with Crippen molar-refractivity contribution in [3.8, 4) is 0 Å². The first kappa shape index (κ1) is 23.7. The van der Waals surface area contributed by atoms with Gasteiger partial charge in [0.2, 0.25) is 11.7 Å². The Kier molecular flexibility index (Phi) is 13.7. The average Bonchev–Trinajstić information content (AvgIpc) is 3.34. The lowest BCUT2D eigenvalue weighted by molar-refractivity contribution is -0.124. The summed E-state index contributed by atoms with van der Waals surface area (Å²) in [6, 6.07) is -0.698. The first-order valence-corrected chi connectivity index (χ1v) is 11.4. The molecule has 2 unspecified atom stereocenters. The molecule has 1 fully saturated rings. The van der Waals surface area contributed by atoms with E-state index in [0.29, 0.717) is 6.54 Å². The number of unbranched alkanes of at least 4 members (excludes halogenated alkanes) is 15. The molecule has 0 spiro atoms. The Morgan fingerprint density at radius 3 is 1.59 bits per heavy atom. The van der Waals surface area contributed by atoms with E-state index in [1.165, 1.54) is 89.9 Å². The van der Waals surface area contributed by atoms with Crippen LogP contribution >= 0.6 is 0 Å². The van der Waals surface area contributed by atoms with E-state index >= 15 is 0 Å². The fraction of sp³-hybridized carbons (Fsp3) is 0.870. The topological polar surface area (TPSA) is 50.5 Å². The Hall–Kier alpha value is -1.37. The Morgan fingerprint density at radius 1 is 0.815 bits per heavy atom. The summed E-state index contributed by atoms with van der Waals surface area (Å²) in [6.45, 7) is 9.71. The predicted octanol–water partition coefficient (Wildman–Crippen LogP) is 5.85. The monoisotopic (exact) mass is 376 g/mol. The predicted molar refractivity (Wildman–Crippen MR) is 111 cm³/mol. The highest BCUT2D eigenvalue weighted by atomic mass is 16.2. The van der Waals surface area contributed by atoms with Crippen LogP contribution in [0.1, 0.15) is 110 Å². The summed E-state index contributed by atoms with van der Waals surface area (Å²) in [6.07, 6.45) is 21.3. The van der Waals surface area contributed by atoms with Gasteiger partial charge in [0.15, 0.2) is 5.92 Å². The quantitative estimate of drug-likeness (QED) is 0.185. The maximum absolute atomic E-state index is 11.7. The van der Waals surface area contributed by atoms with Crippen molar-refractivity contribution in [2.75, 3.05) is 6.54 Å². The highest BCUT2D eigenvalue weighted by molar-refractivity contribution is 6.20. The Morgan fingerprint density at radius 2 is 1.22 bits per heavy atom. The summed E-state index contributed by atoms with van der Waals surface area (Å²) in [5.41, 5.74) is 0. The van der Waals surface area contributed by atoms with Crippen LogP contribution in [0.5, 0.6) is 0 Å². The fourth-order valence-electron chi connectivity index (χ4n) is 3.63. The van der Waals surface area contributed by atoms with Crippen molar-refractivity contribution in [1.82, 2.24) is 5.32 Å². The number of Topliss-reactive ketones (excluding diaryl/α,β-unsaturated/α-hetero) is 1. The molecule has 0 saturated heterocycles. The van der Waals surface area contributed by atoms with E-state index in [0.717, 1.165) is 12.8 Å². The van der Waals surface area contributed by atoms with Crippen LogP contribution in [-0.4, -0.2) is 24.3 Å². The number of rotatable bonds is 18. The molecule has 1 N–H and O–H groups in total. The molecule has 27 heavy (non-hydrogen) atoms. The molecule has 154 valence electrons. The largest absolute Gasteiger partial charge is 0.355 e. The zero-order valence-electron chi connectivity index (χ0n) is 17.4. The Balaban J connectivity index is 1.73. The number of hydrogen-bond donors (Lipinski definition) is 1. The van der Waals surface area contributed by atoms with Crippen molar-refractivity contribution >= 4 is 11.7 Å². The van der Waals surface area contributed by atoms with E-state index < -0.39 is 12.0 Å². The van der Waals surface area contributed by atoms with Gasteiger partial charge in [-0.3, -0.25) is 9.59 Å². The number of nitrogens with one attached hydrogen (secondary N) is 1. The molecule has 4 nitrogen and oxygen atoms in total. The summed E-state index contributed by atoms with van der Waals surface area (Å²) >= 11 is 0. The van der Waals surface area contributed by atoms with Crippen molar-refractivity contribution in [1.29, 1.82) is 0 Å². The molecular formula is C23H40N2O2. The third kappa shape index (κ3) is 11.2. The molecule has 1 amide bonds. The molecule has 0 aliphatic heterocycles. The van der Waals surface area contributed by atoms with Crippen LogP contribution in [0, 0.1) is 12.5 Å². The van der Waals surface area contributed by atoms with Gasteiger partial charge < -0.3 is 10.2 Å². The first-order valence-electron chi connectivity index (χ1n) is 11.4. The van der Waals surface area contributed by atoms with Gasteiger partial charge in [0, 0.05) is 6.54 Å². The zero-order valence-corrected chi connectivity index (χ0v) is 17.4. The van der Waals surface area contributed by atoms with Gasteiger partial charge in [-0.25, -0.2) is 6.57 Å². The molecule has 0 aromatic rings. The van der Waals surface area contributed by atoms with E-state index in [1.807, 2.05) is 0 Å². The number of amides is 1. The molecule has 0 bridgehead atoms. The number of nitrogens with zero attached hydrogens (tertiary/aromatic N) is 1. The van der Waals surface area contributed by atoms with Crippen molar-refractivity contribution in [3.05, 3.63) is 11.4 Å². The van der Waals surface area contributed by atoms with E-state index in [-0.39, 0.29) is 11.7 Å². The van der Waals surface area contributed by atoms with Crippen LogP contribution in [0.25, 0.3) is 4.85 Å². The van der Waals surface area contributed by atoms with Gasteiger partial charge in [0.05, 0.1) is 0 Å². The molecule has 0 heterocycles. The van der Waals surface area contributed by atoms with Crippen LogP contribution in [-0.2, 0) is 9.59 Å². The maximum Gasteiger partial charge on any atom is 0.300 e. The molecular weight excluding hydrogens is 336 g/mol. The van der Waals surface area contributed by atoms with Gasteiger partial charge in [-0.15, -0.1) is 0 Å². The second-order valence-corrected chi connectivity index (χ2v) is 8.05. The zero-order chi connectivity index (χ0) is 19.7. The summed E-state index contributed by atoms with van der Waals surface area (Å²) < 4.78 is 0. The summed E-state index contributed by atoms with van der Waals surface area (Å²) in [5.74, 6) is -1.14. The van der Waals surface area contributed by atoms with Gasteiger partial charge in [0.25, 0.3) is 0 Å². The van der Waals surface area contributed by atoms with Crippen molar-refractivity contribution in [2.45, 2.75) is 116 Å². The van der Waals surface area contributed by atoms with Crippen LogP contribution in [0.2, 0.25) is 0 Å². The lowest BCUT2D eigenvalue weighted by Crippen LogP contribution is -2.27. The Labute approximate surface area is 166 Å².